The Kier molecular flexibility index (Phi) is 3.93. The SMILES string of the molecule is NC(=O)c1cc(S(=O)(=O)Nc2ccc(Br)cc2)cs1. The van der Waals surface area contributed by atoms with E-state index in [1.165, 1.54) is 11.4 Å². The second-order valence-corrected chi connectivity index (χ2v) is 7.13. The zero-order valence-corrected chi connectivity index (χ0v) is 12.7. The van der Waals surface area contributed by atoms with Crippen LogP contribution < -0.4 is 10.5 Å². The molecule has 2 rings (SSSR count). The first-order valence-corrected chi connectivity index (χ1v) is 8.21. The molecule has 0 saturated carbocycles. The number of hydrogen-bond acceptors (Lipinski definition) is 4. The van der Waals surface area contributed by atoms with Crippen LogP contribution in [0.2, 0.25) is 0 Å². The summed E-state index contributed by atoms with van der Waals surface area (Å²) >= 11 is 4.26. The van der Waals surface area contributed by atoms with E-state index in [1.54, 1.807) is 24.3 Å². The molecule has 0 fully saturated rings. The molecule has 1 aromatic heterocycles. The number of rotatable bonds is 4. The summed E-state index contributed by atoms with van der Waals surface area (Å²) in [6.45, 7) is 0. The number of carbonyl (C=O) groups excluding carboxylic acids is 1. The maximum atomic E-state index is 12.1. The Labute approximate surface area is 122 Å². The van der Waals surface area contributed by atoms with Crippen molar-refractivity contribution in [3.63, 3.8) is 0 Å². The number of halogens is 1. The molecule has 3 N–H and O–H groups in total. The summed E-state index contributed by atoms with van der Waals surface area (Å²) in [5, 5.41) is 1.38. The molecule has 0 aliphatic carbocycles. The normalized spacial score (nSPS) is 11.2. The fourth-order valence-corrected chi connectivity index (χ4v) is 3.77. The predicted octanol–water partition coefficient (Wildman–Crippen LogP) is 2.41. The average Bonchev–Trinajstić information content (AvgIpc) is 2.82. The highest BCUT2D eigenvalue weighted by Crippen LogP contribution is 2.22. The number of nitrogens with one attached hydrogen (secondary N) is 1. The molecule has 100 valence electrons. The summed E-state index contributed by atoms with van der Waals surface area (Å²) < 4.78 is 27.4. The number of sulfonamides is 1. The van der Waals surface area contributed by atoms with E-state index >= 15 is 0 Å². The molecule has 2 aromatic rings. The number of amides is 1. The average molecular weight is 361 g/mol. The zero-order valence-electron chi connectivity index (χ0n) is 9.46. The van der Waals surface area contributed by atoms with Crippen LogP contribution in [0.4, 0.5) is 5.69 Å². The minimum absolute atomic E-state index is 0.0224. The lowest BCUT2D eigenvalue weighted by Gasteiger charge is -2.06. The molecule has 5 nitrogen and oxygen atoms in total. The highest BCUT2D eigenvalue weighted by Gasteiger charge is 2.17. The number of benzene rings is 1. The number of nitrogens with two attached hydrogens (primary N) is 1. The first-order chi connectivity index (χ1) is 8.88. The summed E-state index contributed by atoms with van der Waals surface area (Å²) in [6, 6.07) is 7.96. The molecular weight excluding hydrogens is 352 g/mol. The van der Waals surface area contributed by atoms with Gasteiger partial charge in [0.05, 0.1) is 9.77 Å². The summed E-state index contributed by atoms with van der Waals surface area (Å²) in [5.74, 6) is -0.643. The van der Waals surface area contributed by atoms with Gasteiger partial charge in [-0.2, -0.15) is 0 Å². The first kappa shape index (κ1) is 14.0. The van der Waals surface area contributed by atoms with Gasteiger partial charge in [0, 0.05) is 15.5 Å². The van der Waals surface area contributed by atoms with Crippen LogP contribution in [0.15, 0.2) is 45.1 Å². The third-order valence-corrected chi connectivity index (χ3v) is 5.21. The lowest BCUT2D eigenvalue weighted by molar-refractivity contribution is 0.100. The van der Waals surface area contributed by atoms with Gasteiger partial charge in [-0.15, -0.1) is 11.3 Å². The Morgan fingerprint density at radius 3 is 2.42 bits per heavy atom. The van der Waals surface area contributed by atoms with Crippen LogP contribution in [0.1, 0.15) is 9.67 Å². The van der Waals surface area contributed by atoms with Crippen LogP contribution >= 0.6 is 27.3 Å². The minimum Gasteiger partial charge on any atom is -0.365 e. The first-order valence-electron chi connectivity index (χ1n) is 5.05. The number of primary amides is 1. The minimum atomic E-state index is -3.70. The quantitative estimate of drug-likeness (QED) is 0.876. The highest BCUT2D eigenvalue weighted by atomic mass is 79.9. The molecule has 0 aliphatic rings. The van der Waals surface area contributed by atoms with E-state index in [0.717, 1.165) is 15.8 Å². The lowest BCUT2D eigenvalue weighted by Crippen LogP contribution is -2.12. The van der Waals surface area contributed by atoms with E-state index in [2.05, 4.69) is 20.7 Å². The zero-order chi connectivity index (χ0) is 14.0. The molecule has 19 heavy (non-hydrogen) atoms. The van der Waals surface area contributed by atoms with Gasteiger partial charge in [-0.3, -0.25) is 9.52 Å². The number of hydrogen-bond donors (Lipinski definition) is 2. The van der Waals surface area contributed by atoms with Crippen molar-refractivity contribution in [2.75, 3.05) is 4.72 Å². The van der Waals surface area contributed by atoms with E-state index in [0.29, 0.717) is 5.69 Å². The molecule has 0 radical (unpaired) electrons. The largest absolute Gasteiger partial charge is 0.365 e. The highest BCUT2D eigenvalue weighted by molar-refractivity contribution is 9.10. The number of carbonyl (C=O) groups is 1. The van der Waals surface area contributed by atoms with Gasteiger partial charge in [0.25, 0.3) is 15.9 Å². The van der Waals surface area contributed by atoms with Crippen molar-refractivity contribution in [2.24, 2.45) is 5.73 Å². The smallest absolute Gasteiger partial charge is 0.262 e. The van der Waals surface area contributed by atoms with E-state index in [9.17, 15) is 13.2 Å². The fourth-order valence-electron chi connectivity index (χ4n) is 1.32. The van der Waals surface area contributed by atoms with Crippen LogP contribution in [0.3, 0.4) is 0 Å². The van der Waals surface area contributed by atoms with Gasteiger partial charge in [-0.1, -0.05) is 15.9 Å². The van der Waals surface area contributed by atoms with Crippen LogP contribution in [0.25, 0.3) is 0 Å². The molecule has 0 saturated heterocycles. The van der Waals surface area contributed by atoms with Crippen LogP contribution in [-0.4, -0.2) is 14.3 Å². The van der Waals surface area contributed by atoms with Crippen molar-refractivity contribution < 1.29 is 13.2 Å². The predicted molar refractivity (Wildman–Crippen MR) is 77.8 cm³/mol. The van der Waals surface area contributed by atoms with Crippen molar-refractivity contribution in [3.05, 3.63) is 45.1 Å². The second kappa shape index (κ2) is 5.32. The third kappa shape index (κ3) is 3.34. The Morgan fingerprint density at radius 2 is 1.89 bits per heavy atom. The Morgan fingerprint density at radius 1 is 1.26 bits per heavy atom. The molecule has 0 bridgehead atoms. The summed E-state index contributed by atoms with van der Waals surface area (Å²) in [6.07, 6.45) is 0. The van der Waals surface area contributed by atoms with E-state index in [1.807, 2.05) is 0 Å². The summed E-state index contributed by atoms with van der Waals surface area (Å²) in [5.41, 5.74) is 5.53. The van der Waals surface area contributed by atoms with Crippen molar-refractivity contribution in [3.8, 4) is 0 Å². The Balaban J connectivity index is 2.26. The molecule has 1 aromatic carbocycles. The van der Waals surface area contributed by atoms with E-state index in [-0.39, 0.29) is 9.77 Å². The maximum Gasteiger partial charge on any atom is 0.262 e. The molecule has 0 atom stereocenters. The van der Waals surface area contributed by atoms with E-state index in [4.69, 9.17) is 5.73 Å². The third-order valence-electron chi connectivity index (χ3n) is 2.22. The number of thiophene rings is 1. The van der Waals surface area contributed by atoms with Crippen LogP contribution in [0, 0.1) is 0 Å². The summed E-state index contributed by atoms with van der Waals surface area (Å²) in [4.78, 5) is 11.2. The van der Waals surface area contributed by atoms with Gasteiger partial charge in [0.1, 0.15) is 0 Å². The van der Waals surface area contributed by atoms with Crippen LogP contribution in [-0.2, 0) is 10.0 Å². The molecular formula is C11H9BrN2O3S2. The van der Waals surface area contributed by atoms with Crippen molar-refractivity contribution in [2.45, 2.75) is 4.90 Å². The maximum absolute atomic E-state index is 12.1. The molecule has 1 amide bonds. The number of anilines is 1. The van der Waals surface area contributed by atoms with Gasteiger partial charge >= 0.3 is 0 Å². The Hall–Kier alpha value is -1.38. The monoisotopic (exact) mass is 360 g/mol. The lowest BCUT2D eigenvalue weighted by atomic mass is 10.3. The van der Waals surface area contributed by atoms with Gasteiger partial charge in [-0.05, 0) is 30.3 Å². The molecule has 0 unspecified atom stereocenters. The molecule has 8 heteroatoms. The van der Waals surface area contributed by atoms with Crippen molar-refractivity contribution in [1.29, 1.82) is 0 Å². The standard InChI is InChI=1S/C11H9BrN2O3S2/c12-7-1-3-8(4-2-7)14-19(16,17)9-5-10(11(13)15)18-6-9/h1-6,14H,(H2,13,15). The topological polar surface area (TPSA) is 89.3 Å². The van der Waals surface area contributed by atoms with Gasteiger partial charge in [0.15, 0.2) is 0 Å². The van der Waals surface area contributed by atoms with Gasteiger partial charge in [-0.25, -0.2) is 8.42 Å². The Bertz CT molecular complexity index is 708. The van der Waals surface area contributed by atoms with Gasteiger partial charge in [0.2, 0.25) is 0 Å². The van der Waals surface area contributed by atoms with Crippen LogP contribution in [0.5, 0.6) is 0 Å². The molecule has 0 aliphatic heterocycles. The van der Waals surface area contributed by atoms with Crippen molar-refractivity contribution >= 4 is 48.9 Å². The fraction of sp³-hybridized carbons (Fsp3) is 0. The van der Waals surface area contributed by atoms with Gasteiger partial charge < -0.3 is 5.73 Å². The second-order valence-electron chi connectivity index (χ2n) is 3.62. The van der Waals surface area contributed by atoms with Crippen molar-refractivity contribution in [1.82, 2.24) is 0 Å². The molecule has 1 heterocycles. The van der Waals surface area contributed by atoms with E-state index < -0.39 is 15.9 Å². The summed E-state index contributed by atoms with van der Waals surface area (Å²) in [7, 11) is -3.70. The molecule has 0 spiro atoms.